The summed E-state index contributed by atoms with van der Waals surface area (Å²) in [4.78, 5) is 2.26. The summed E-state index contributed by atoms with van der Waals surface area (Å²) < 4.78 is 0. The second-order valence-corrected chi connectivity index (χ2v) is 4.17. The Morgan fingerprint density at radius 1 is 1.09 bits per heavy atom. The summed E-state index contributed by atoms with van der Waals surface area (Å²) in [6, 6.07) is 0. The number of hydrogen-bond acceptors (Lipinski definition) is 1. The Kier molecular flexibility index (Phi) is 5.57. The minimum Gasteiger partial charge on any atom is -0.309 e. The monoisotopic (exact) mass is 157 g/mol. The van der Waals surface area contributed by atoms with Gasteiger partial charge in [-0.25, -0.2) is 0 Å². The van der Waals surface area contributed by atoms with Crippen LogP contribution in [0.15, 0.2) is 0 Å². The fraction of sp³-hybridized carbons (Fsp3) is 1.00. The van der Waals surface area contributed by atoms with Gasteiger partial charge in [-0.3, -0.25) is 0 Å². The largest absolute Gasteiger partial charge is 0.309 e. The molecular formula is C10H23N. The van der Waals surface area contributed by atoms with Gasteiger partial charge in [0.05, 0.1) is 0 Å². The van der Waals surface area contributed by atoms with Gasteiger partial charge in [0.15, 0.2) is 0 Å². The van der Waals surface area contributed by atoms with Crippen molar-refractivity contribution in [3.8, 4) is 0 Å². The predicted octanol–water partition coefficient (Wildman–Crippen LogP) is 2.62. The summed E-state index contributed by atoms with van der Waals surface area (Å²) in [5.41, 5.74) is 0. The number of hydrogen-bond donors (Lipinski definition) is 0. The van der Waals surface area contributed by atoms with Crippen molar-refractivity contribution in [2.45, 2.75) is 33.6 Å². The molecular weight excluding hydrogens is 134 g/mol. The number of rotatable bonds is 5. The Morgan fingerprint density at radius 3 is 2.00 bits per heavy atom. The lowest BCUT2D eigenvalue weighted by Crippen LogP contribution is -2.14. The van der Waals surface area contributed by atoms with E-state index in [-0.39, 0.29) is 0 Å². The Labute approximate surface area is 71.8 Å². The van der Waals surface area contributed by atoms with E-state index in [2.05, 4.69) is 39.8 Å². The van der Waals surface area contributed by atoms with Crippen molar-refractivity contribution in [2.75, 3.05) is 20.6 Å². The molecule has 0 saturated heterocycles. The fourth-order valence-corrected chi connectivity index (χ4v) is 1.06. The third-order valence-electron chi connectivity index (χ3n) is 2.40. The molecule has 0 spiro atoms. The van der Waals surface area contributed by atoms with Gasteiger partial charge in [0.25, 0.3) is 0 Å². The van der Waals surface area contributed by atoms with Gasteiger partial charge in [-0.15, -0.1) is 0 Å². The topological polar surface area (TPSA) is 3.24 Å². The van der Waals surface area contributed by atoms with E-state index in [1.807, 2.05) is 0 Å². The van der Waals surface area contributed by atoms with Crippen molar-refractivity contribution >= 4 is 0 Å². The molecule has 1 unspecified atom stereocenters. The molecule has 68 valence electrons. The molecule has 0 aromatic rings. The summed E-state index contributed by atoms with van der Waals surface area (Å²) in [7, 11) is 4.28. The van der Waals surface area contributed by atoms with E-state index in [0.717, 1.165) is 11.8 Å². The standard InChI is InChI=1S/C10H23N/c1-9(2)10(3)7-6-8-11(4)5/h9-10H,6-8H2,1-5H3. The summed E-state index contributed by atoms with van der Waals surface area (Å²) in [6.07, 6.45) is 2.71. The maximum absolute atomic E-state index is 2.35. The summed E-state index contributed by atoms with van der Waals surface area (Å²) >= 11 is 0. The quantitative estimate of drug-likeness (QED) is 0.593. The van der Waals surface area contributed by atoms with E-state index >= 15 is 0 Å². The first-order valence-corrected chi connectivity index (χ1v) is 4.68. The molecule has 11 heavy (non-hydrogen) atoms. The van der Waals surface area contributed by atoms with Crippen LogP contribution in [0.2, 0.25) is 0 Å². The van der Waals surface area contributed by atoms with Crippen LogP contribution in [-0.4, -0.2) is 25.5 Å². The van der Waals surface area contributed by atoms with E-state index in [1.54, 1.807) is 0 Å². The summed E-state index contributed by atoms with van der Waals surface area (Å²) in [5, 5.41) is 0. The highest BCUT2D eigenvalue weighted by molar-refractivity contribution is 4.58. The molecule has 1 nitrogen and oxygen atoms in total. The van der Waals surface area contributed by atoms with Gasteiger partial charge < -0.3 is 4.90 Å². The highest BCUT2D eigenvalue weighted by atomic mass is 15.0. The van der Waals surface area contributed by atoms with Gasteiger partial charge in [-0.2, -0.15) is 0 Å². The van der Waals surface area contributed by atoms with Crippen LogP contribution in [-0.2, 0) is 0 Å². The Bertz CT molecular complexity index is 86.9. The maximum Gasteiger partial charge on any atom is -0.00247 e. The van der Waals surface area contributed by atoms with Crippen LogP contribution in [0.3, 0.4) is 0 Å². The average molecular weight is 157 g/mol. The molecule has 0 aromatic carbocycles. The molecule has 0 aromatic heterocycles. The summed E-state index contributed by atoms with van der Waals surface area (Å²) in [5.74, 6) is 1.73. The first kappa shape index (κ1) is 11.0. The molecule has 0 bridgehead atoms. The minimum absolute atomic E-state index is 0.845. The van der Waals surface area contributed by atoms with Crippen molar-refractivity contribution in [1.29, 1.82) is 0 Å². The average Bonchev–Trinajstić information content (AvgIpc) is 1.86. The third-order valence-corrected chi connectivity index (χ3v) is 2.40. The SMILES string of the molecule is CC(C)C(C)CCCN(C)C. The predicted molar refractivity (Wildman–Crippen MR) is 51.8 cm³/mol. The molecule has 0 aliphatic rings. The molecule has 1 heteroatoms. The first-order valence-electron chi connectivity index (χ1n) is 4.68. The molecule has 1 atom stereocenters. The molecule has 0 amide bonds. The smallest absolute Gasteiger partial charge is 0.00247 e. The third kappa shape index (κ3) is 6.36. The van der Waals surface area contributed by atoms with E-state index in [0.29, 0.717) is 0 Å². The lowest BCUT2D eigenvalue weighted by molar-refractivity contribution is 0.335. The Morgan fingerprint density at radius 2 is 1.64 bits per heavy atom. The highest BCUT2D eigenvalue weighted by Gasteiger charge is 2.05. The molecule has 0 aliphatic carbocycles. The lowest BCUT2D eigenvalue weighted by Gasteiger charge is -2.16. The molecule has 0 saturated carbocycles. The Hall–Kier alpha value is -0.0400. The van der Waals surface area contributed by atoms with Gasteiger partial charge in [0.1, 0.15) is 0 Å². The highest BCUT2D eigenvalue weighted by Crippen LogP contribution is 2.15. The zero-order chi connectivity index (χ0) is 8.85. The van der Waals surface area contributed by atoms with Crippen molar-refractivity contribution < 1.29 is 0 Å². The molecule has 0 rings (SSSR count). The zero-order valence-electron chi connectivity index (χ0n) is 8.72. The second-order valence-electron chi connectivity index (χ2n) is 4.17. The van der Waals surface area contributed by atoms with Crippen molar-refractivity contribution in [3.05, 3.63) is 0 Å². The first-order chi connectivity index (χ1) is 5.04. The van der Waals surface area contributed by atoms with Crippen LogP contribution in [0.5, 0.6) is 0 Å². The van der Waals surface area contributed by atoms with Crippen LogP contribution >= 0.6 is 0 Å². The van der Waals surface area contributed by atoms with Gasteiger partial charge in [-0.05, 0) is 45.3 Å². The lowest BCUT2D eigenvalue weighted by atomic mass is 9.93. The molecule has 0 radical (unpaired) electrons. The van der Waals surface area contributed by atoms with E-state index < -0.39 is 0 Å². The van der Waals surface area contributed by atoms with Crippen LogP contribution in [0.1, 0.15) is 33.6 Å². The van der Waals surface area contributed by atoms with E-state index in [9.17, 15) is 0 Å². The van der Waals surface area contributed by atoms with Crippen LogP contribution in [0, 0.1) is 11.8 Å². The Balaban J connectivity index is 3.24. The minimum atomic E-state index is 0.845. The normalized spacial score (nSPS) is 14.5. The van der Waals surface area contributed by atoms with Crippen LogP contribution < -0.4 is 0 Å². The van der Waals surface area contributed by atoms with Gasteiger partial charge >= 0.3 is 0 Å². The van der Waals surface area contributed by atoms with E-state index in [1.165, 1.54) is 19.4 Å². The second kappa shape index (κ2) is 5.59. The van der Waals surface area contributed by atoms with Gasteiger partial charge in [0.2, 0.25) is 0 Å². The van der Waals surface area contributed by atoms with Gasteiger partial charge in [-0.1, -0.05) is 20.8 Å². The molecule has 0 N–H and O–H groups in total. The van der Waals surface area contributed by atoms with Crippen LogP contribution in [0.25, 0.3) is 0 Å². The number of nitrogens with zero attached hydrogens (tertiary/aromatic N) is 1. The van der Waals surface area contributed by atoms with Crippen molar-refractivity contribution in [1.82, 2.24) is 4.90 Å². The molecule has 0 aliphatic heterocycles. The fourth-order valence-electron chi connectivity index (χ4n) is 1.06. The van der Waals surface area contributed by atoms with Crippen LogP contribution in [0.4, 0.5) is 0 Å². The van der Waals surface area contributed by atoms with Gasteiger partial charge in [0, 0.05) is 0 Å². The van der Waals surface area contributed by atoms with Crippen molar-refractivity contribution in [3.63, 3.8) is 0 Å². The molecule has 0 fully saturated rings. The van der Waals surface area contributed by atoms with Crippen molar-refractivity contribution in [2.24, 2.45) is 11.8 Å². The maximum atomic E-state index is 2.35. The zero-order valence-corrected chi connectivity index (χ0v) is 8.72. The molecule has 0 heterocycles. The summed E-state index contributed by atoms with van der Waals surface area (Å²) in [6.45, 7) is 8.19. The van der Waals surface area contributed by atoms with E-state index in [4.69, 9.17) is 0 Å².